The largest absolute Gasteiger partial charge is 0.467 e. The zero-order valence-electron chi connectivity index (χ0n) is 30.3. The molecular weight excluding hydrogens is 672 g/mol. The minimum atomic E-state index is -1.95. The Kier molecular flexibility index (Phi) is 11.1. The molecule has 13 unspecified atom stereocenters. The first kappa shape index (κ1) is 38.8. The minimum Gasteiger partial charge on any atom is -0.467 e. The molecule has 51 heavy (non-hydrogen) atoms. The molecule has 284 valence electrons. The lowest BCUT2D eigenvalue weighted by atomic mass is 9.44. The van der Waals surface area contributed by atoms with Gasteiger partial charge in [0.15, 0.2) is 36.5 Å². The molecule has 1 N–H and O–H groups in total. The maximum absolute atomic E-state index is 14.2. The van der Waals surface area contributed by atoms with E-state index in [2.05, 4.69) is 6.92 Å². The fraction of sp³-hybridized carbons (Fsp3) is 0.806. The summed E-state index contributed by atoms with van der Waals surface area (Å²) < 4.78 is 38.0. The van der Waals surface area contributed by atoms with Gasteiger partial charge in [-0.3, -0.25) is 28.8 Å². The Morgan fingerprint density at radius 1 is 0.804 bits per heavy atom. The van der Waals surface area contributed by atoms with E-state index < -0.39 is 78.0 Å². The third-order valence-electron chi connectivity index (χ3n) is 12.5. The normalized spacial score (nSPS) is 41.5. The number of rotatable bonds is 9. The second-order valence-corrected chi connectivity index (χ2v) is 15.4. The van der Waals surface area contributed by atoms with Crippen molar-refractivity contribution in [2.75, 3.05) is 13.7 Å². The molecule has 0 radical (unpaired) electrons. The van der Waals surface area contributed by atoms with Gasteiger partial charge in [-0.15, -0.1) is 0 Å². The first-order valence-electron chi connectivity index (χ1n) is 17.7. The Balaban J connectivity index is 1.36. The van der Waals surface area contributed by atoms with Gasteiger partial charge in [-0.1, -0.05) is 13.8 Å². The number of hydrogen-bond acceptors (Lipinski definition) is 15. The molecule has 5 fully saturated rings. The highest BCUT2D eigenvalue weighted by Gasteiger charge is 2.69. The molecule has 13 atom stereocenters. The lowest BCUT2D eigenvalue weighted by molar-refractivity contribution is -0.300. The Labute approximate surface area is 296 Å². The van der Waals surface area contributed by atoms with Crippen LogP contribution >= 0.6 is 0 Å². The summed E-state index contributed by atoms with van der Waals surface area (Å²) in [5.74, 6) is -4.83. The average Bonchev–Trinajstić information content (AvgIpc) is 3.31. The van der Waals surface area contributed by atoms with Crippen LogP contribution in [-0.4, -0.2) is 103 Å². The van der Waals surface area contributed by atoms with Crippen LogP contribution in [0.25, 0.3) is 0 Å². The average molecular weight is 723 g/mol. The van der Waals surface area contributed by atoms with E-state index in [4.69, 9.17) is 33.2 Å². The fourth-order valence-electron chi connectivity index (χ4n) is 10.3. The number of carbonyl (C=O) groups is 7. The van der Waals surface area contributed by atoms with Gasteiger partial charge in [-0.25, -0.2) is 4.79 Å². The van der Waals surface area contributed by atoms with Gasteiger partial charge in [-0.2, -0.15) is 0 Å². The van der Waals surface area contributed by atoms with Gasteiger partial charge < -0.3 is 38.3 Å². The molecule has 0 aromatic rings. The van der Waals surface area contributed by atoms with Gasteiger partial charge in [0.1, 0.15) is 24.1 Å². The third kappa shape index (κ3) is 7.05. The van der Waals surface area contributed by atoms with Crippen molar-refractivity contribution >= 4 is 41.4 Å². The summed E-state index contributed by atoms with van der Waals surface area (Å²) in [6, 6.07) is 0. The number of carbonyl (C=O) groups excluding carboxylic acids is 7. The molecule has 4 aliphatic carbocycles. The Morgan fingerprint density at radius 2 is 1.41 bits per heavy atom. The van der Waals surface area contributed by atoms with Crippen LogP contribution in [0.15, 0.2) is 0 Å². The highest BCUT2D eigenvalue weighted by atomic mass is 16.7. The predicted molar refractivity (Wildman–Crippen MR) is 171 cm³/mol. The molecule has 1 heterocycles. The summed E-state index contributed by atoms with van der Waals surface area (Å²) in [7, 11) is 1.05. The van der Waals surface area contributed by atoms with Crippen LogP contribution in [0.5, 0.6) is 0 Å². The van der Waals surface area contributed by atoms with Gasteiger partial charge in [-0.05, 0) is 68.1 Å². The summed E-state index contributed by atoms with van der Waals surface area (Å²) in [6.45, 7) is 7.76. The Bertz CT molecular complexity index is 1440. The van der Waals surface area contributed by atoms with Crippen molar-refractivity contribution in [2.24, 2.45) is 34.5 Å². The predicted octanol–water partition coefficient (Wildman–Crippen LogP) is 2.15. The van der Waals surface area contributed by atoms with Gasteiger partial charge in [0, 0.05) is 45.4 Å². The number of esters is 5. The zero-order chi connectivity index (χ0) is 37.6. The van der Waals surface area contributed by atoms with Crippen LogP contribution in [0.4, 0.5) is 0 Å². The minimum absolute atomic E-state index is 0.00420. The van der Waals surface area contributed by atoms with Gasteiger partial charge in [0.25, 0.3) is 0 Å². The summed E-state index contributed by atoms with van der Waals surface area (Å²) in [6.07, 6.45) is -4.05. The Hall–Kier alpha value is -3.43. The lowest BCUT2D eigenvalue weighted by Crippen LogP contribution is -2.64. The first-order valence-corrected chi connectivity index (χ1v) is 17.7. The third-order valence-corrected chi connectivity index (χ3v) is 12.5. The molecule has 0 amide bonds. The summed E-state index contributed by atoms with van der Waals surface area (Å²) >= 11 is 0. The number of aliphatic hydroxyl groups is 1. The molecule has 15 nitrogen and oxygen atoms in total. The number of fused-ring (bicyclic) bond motifs is 5. The van der Waals surface area contributed by atoms with Crippen molar-refractivity contribution in [1.82, 2.24) is 0 Å². The van der Waals surface area contributed by atoms with E-state index >= 15 is 0 Å². The first-order chi connectivity index (χ1) is 23.9. The van der Waals surface area contributed by atoms with Crippen molar-refractivity contribution < 1.29 is 71.8 Å². The lowest BCUT2D eigenvalue weighted by Gasteiger charge is -2.60. The number of methoxy groups -OCH3 is 1. The highest BCUT2D eigenvalue weighted by molar-refractivity contribution is 5.92. The van der Waals surface area contributed by atoms with Crippen molar-refractivity contribution in [3.05, 3.63) is 0 Å². The second kappa shape index (κ2) is 14.5. The fourth-order valence-corrected chi connectivity index (χ4v) is 10.3. The van der Waals surface area contributed by atoms with E-state index in [1.165, 1.54) is 6.92 Å². The maximum atomic E-state index is 14.2. The molecule has 1 aliphatic heterocycles. The van der Waals surface area contributed by atoms with E-state index in [9.17, 15) is 38.7 Å². The van der Waals surface area contributed by atoms with Gasteiger partial charge >= 0.3 is 29.8 Å². The maximum Gasteiger partial charge on any atom is 0.339 e. The monoisotopic (exact) mass is 722 g/mol. The SMILES string of the molecule is COC(=O)C1OC(OCC(=O)C2(O)CCC3C4CCC5CC(OC(C)=O)CCC5(C)C4C(=O)CC32C)C(OC(C)=O)C(OC(C)=O)C1OC(C)=O. The van der Waals surface area contributed by atoms with Crippen LogP contribution in [-0.2, 0) is 66.7 Å². The number of hydrogen-bond donors (Lipinski definition) is 1. The molecule has 0 bridgehead atoms. The number of ether oxygens (including phenoxy) is 7. The summed E-state index contributed by atoms with van der Waals surface area (Å²) in [5, 5.41) is 12.2. The summed E-state index contributed by atoms with van der Waals surface area (Å²) in [4.78, 5) is 89.0. The summed E-state index contributed by atoms with van der Waals surface area (Å²) in [5.41, 5.74) is -3.33. The number of ketones is 2. The molecule has 0 aromatic carbocycles. The van der Waals surface area contributed by atoms with Crippen LogP contribution in [0, 0.1) is 34.5 Å². The standard InChI is InChI=1S/C36H50O15/c1-17(37)47-22-10-12-34(5)21(14-22)8-9-23-24-11-13-36(44,35(24,6)15-25(41)27(23)34)26(42)16-46-33-31(50-20(4)40)29(49-19(3)39)28(48-18(2)38)30(51-33)32(43)45-7/h21-24,27-31,33,44H,8-16H2,1-7H3. The van der Waals surface area contributed by atoms with Crippen LogP contribution in [0.2, 0.25) is 0 Å². The van der Waals surface area contributed by atoms with E-state index in [-0.39, 0.29) is 59.8 Å². The van der Waals surface area contributed by atoms with Crippen LogP contribution < -0.4 is 0 Å². The van der Waals surface area contributed by atoms with Crippen molar-refractivity contribution in [3.8, 4) is 0 Å². The molecule has 5 rings (SSSR count). The molecule has 15 heteroatoms. The van der Waals surface area contributed by atoms with E-state index in [0.717, 1.165) is 47.1 Å². The molecule has 5 aliphatic rings. The second-order valence-electron chi connectivity index (χ2n) is 15.4. The van der Waals surface area contributed by atoms with Crippen LogP contribution in [0.3, 0.4) is 0 Å². The van der Waals surface area contributed by atoms with Gasteiger partial charge in [0.2, 0.25) is 0 Å². The van der Waals surface area contributed by atoms with Crippen molar-refractivity contribution in [3.63, 3.8) is 0 Å². The highest BCUT2D eigenvalue weighted by Crippen LogP contribution is 2.67. The molecule has 4 saturated carbocycles. The van der Waals surface area contributed by atoms with Crippen molar-refractivity contribution in [2.45, 2.75) is 135 Å². The van der Waals surface area contributed by atoms with Crippen molar-refractivity contribution in [1.29, 1.82) is 0 Å². The van der Waals surface area contributed by atoms with Crippen LogP contribution in [0.1, 0.15) is 92.9 Å². The Morgan fingerprint density at radius 3 is 2.02 bits per heavy atom. The topological polar surface area (TPSA) is 204 Å². The zero-order valence-corrected chi connectivity index (χ0v) is 30.3. The molecular formula is C36H50O15. The van der Waals surface area contributed by atoms with E-state index in [1.807, 2.05) is 0 Å². The van der Waals surface area contributed by atoms with E-state index in [1.54, 1.807) is 6.92 Å². The van der Waals surface area contributed by atoms with E-state index in [0.29, 0.717) is 19.3 Å². The molecule has 0 spiro atoms. The van der Waals surface area contributed by atoms with Gasteiger partial charge in [0.05, 0.1) is 7.11 Å². The molecule has 1 saturated heterocycles. The molecule has 0 aromatic heterocycles. The quantitative estimate of drug-likeness (QED) is 0.268. The number of Topliss-reactive ketones (excluding diaryl/α,β-unsaturated/α-hetero) is 2. The smallest absolute Gasteiger partial charge is 0.339 e.